The Bertz CT molecular complexity index is 338. The number of hydrogen-bond donors (Lipinski definition) is 0. The average molecular weight is 217 g/mol. The molecule has 0 N–H and O–H groups in total. The largest absolute Gasteiger partial charge is 0.311 e. The van der Waals surface area contributed by atoms with Gasteiger partial charge in [0.25, 0.3) is 0 Å². The van der Waals surface area contributed by atoms with Crippen LogP contribution in [0.4, 0.5) is 5.69 Å². The van der Waals surface area contributed by atoms with Gasteiger partial charge >= 0.3 is 0 Å². The minimum atomic E-state index is -0.154. The van der Waals surface area contributed by atoms with Crippen LogP contribution < -0.4 is 4.90 Å². The molecule has 0 aliphatic rings. The third kappa shape index (κ3) is 2.36. The van der Waals surface area contributed by atoms with Crippen molar-refractivity contribution in [2.45, 2.75) is 6.92 Å². The molecule has 0 saturated heterocycles. The lowest BCUT2D eigenvalue weighted by atomic mass is 10.3. The van der Waals surface area contributed by atoms with Crippen LogP contribution in [0.5, 0.6) is 0 Å². The van der Waals surface area contributed by atoms with Crippen LogP contribution in [0.15, 0.2) is 18.2 Å². The average Bonchev–Trinajstić information content (AvgIpc) is 2.08. The number of carbonyl (C=O) groups is 1. The lowest BCUT2D eigenvalue weighted by molar-refractivity contribution is -0.116. The number of nitrogens with zero attached hydrogens (tertiary/aromatic N) is 1. The van der Waals surface area contributed by atoms with Gasteiger partial charge in [-0.3, -0.25) is 4.79 Å². The summed E-state index contributed by atoms with van der Waals surface area (Å²) in [6.07, 6.45) is 0. The van der Waals surface area contributed by atoms with Gasteiger partial charge in [0.05, 0.1) is 10.0 Å². The van der Waals surface area contributed by atoms with E-state index in [1.54, 1.807) is 18.2 Å². The van der Waals surface area contributed by atoms with E-state index in [9.17, 15) is 4.79 Å². The second-order valence-electron chi connectivity index (χ2n) is 2.55. The van der Waals surface area contributed by atoms with Gasteiger partial charge in [0.2, 0.25) is 5.91 Å². The molecule has 0 aliphatic carbocycles. The highest BCUT2D eigenvalue weighted by molar-refractivity contribution is 6.42. The molecule has 0 aromatic heterocycles. The van der Waals surface area contributed by atoms with Gasteiger partial charge in [-0.1, -0.05) is 23.2 Å². The van der Waals surface area contributed by atoms with Crippen molar-refractivity contribution in [2.24, 2.45) is 0 Å². The van der Waals surface area contributed by atoms with Crippen molar-refractivity contribution in [2.75, 3.05) is 4.90 Å². The quantitative estimate of drug-likeness (QED) is 0.707. The molecule has 13 heavy (non-hydrogen) atoms. The maximum atomic E-state index is 10.9. The monoisotopic (exact) mass is 216 g/mol. The Labute approximate surface area is 87.1 Å². The number of rotatable bonds is 1. The third-order valence-corrected chi connectivity index (χ3v) is 2.33. The lowest BCUT2D eigenvalue weighted by Crippen LogP contribution is -2.19. The first-order chi connectivity index (χ1) is 6.02. The summed E-state index contributed by atoms with van der Waals surface area (Å²) in [7, 11) is 3.56. The Morgan fingerprint density at radius 3 is 2.46 bits per heavy atom. The van der Waals surface area contributed by atoms with E-state index in [1.807, 2.05) is 0 Å². The van der Waals surface area contributed by atoms with Gasteiger partial charge in [0, 0.05) is 19.7 Å². The van der Waals surface area contributed by atoms with Gasteiger partial charge in [-0.25, -0.2) is 0 Å². The molecule has 0 spiro atoms. The first-order valence-electron chi connectivity index (χ1n) is 3.58. The summed E-state index contributed by atoms with van der Waals surface area (Å²) in [6.45, 7) is 1.43. The van der Waals surface area contributed by atoms with Crippen molar-refractivity contribution in [1.82, 2.24) is 0 Å². The minimum absolute atomic E-state index is 0.154. The molecule has 4 heteroatoms. The SMILES string of the molecule is [CH2]N(C(C)=O)c1ccc(Cl)c(Cl)c1. The van der Waals surface area contributed by atoms with Crippen LogP contribution in [0.2, 0.25) is 10.0 Å². The zero-order chi connectivity index (χ0) is 10.0. The van der Waals surface area contributed by atoms with E-state index in [1.165, 1.54) is 11.8 Å². The summed E-state index contributed by atoms with van der Waals surface area (Å²) in [5, 5.41) is 0.872. The molecular weight excluding hydrogens is 209 g/mol. The molecule has 1 aromatic rings. The highest BCUT2D eigenvalue weighted by atomic mass is 35.5. The lowest BCUT2D eigenvalue weighted by Gasteiger charge is -2.14. The standard InChI is InChI=1S/C9H8Cl2NO/c1-6(13)12(2)7-3-4-8(10)9(11)5-7/h3-5H,2H2,1H3. The molecule has 0 unspecified atom stereocenters. The number of amides is 1. The Kier molecular flexibility index (Phi) is 3.17. The fourth-order valence-corrected chi connectivity index (χ4v) is 1.13. The number of hydrogen-bond acceptors (Lipinski definition) is 1. The molecule has 0 saturated carbocycles. The molecular formula is C9H8Cl2NO. The molecule has 1 rings (SSSR count). The molecule has 0 atom stereocenters. The second-order valence-corrected chi connectivity index (χ2v) is 3.36. The van der Waals surface area contributed by atoms with Crippen molar-refractivity contribution in [1.29, 1.82) is 0 Å². The van der Waals surface area contributed by atoms with Crippen LogP contribution in [0.3, 0.4) is 0 Å². The van der Waals surface area contributed by atoms with E-state index < -0.39 is 0 Å². The predicted octanol–water partition coefficient (Wildman–Crippen LogP) is 3.14. The van der Waals surface area contributed by atoms with E-state index in [2.05, 4.69) is 7.05 Å². The van der Waals surface area contributed by atoms with Crippen LogP contribution in [-0.2, 0) is 4.79 Å². The Hall–Kier alpha value is -0.730. The van der Waals surface area contributed by atoms with E-state index in [-0.39, 0.29) is 5.91 Å². The van der Waals surface area contributed by atoms with Gasteiger partial charge in [-0.2, -0.15) is 0 Å². The van der Waals surface area contributed by atoms with E-state index in [0.717, 1.165) is 0 Å². The number of anilines is 1. The van der Waals surface area contributed by atoms with Gasteiger partial charge in [-0.15, -0.1) is 0 Å². The number of halogens is 2. The summed E-state index contributed by atoms with van der Waals surface area (Å²) in [6, 6.07) is 4.90. The van der Waals surface area contributed by atoms with E-state index in [0.29, 0.717) is 15.7 Å². The molecule has 0 heterocycles. The van der Waals surface area contributed by atoms with Gasteiger partial charge in [0.1, 0.15) is 0 Å². The molecule has 1 amide bonds. The minimum Gasteiger partial charge on any atom is -0.311 e. The van der Waals surface area contributed by atoms with Crippen LogP contribution in [0.1, 0.15) is 6.92 Å². The van der Waals surface area contributed by atoms with E-state index in [4.69, 9.17) is 23.2 Å². The van der Waals surface area contributed by atoms with Crippen molar-refractivity contribution < 1.29 is 4.79 Å². The second kappa shape index (κ2) is 3.99. The summed E-state index contributed by atoms with van der Waals surface area (Å²) >= 11 is 11.5. The molecule has 1 radical (unpaired) electrons. The number of carbonyl (C=O) groups excluding carboxylic acids is 1. The van der Waals surface area contributed by atoms with Gasteiger partial charge < -0.3 is 4.90 Å². The summed E-state index contributed by atoms with van der Waals surface area (Å²) in [4.78, 5) is 12.2. The van der Waals surface area contributed by atoms with Gasteiger partial charge in [0.15, 0.2) is 0 Å². The van der Waals surface area contributed by atoms with Crippen molar-refractivity contribution in [3.63, 3.8) is 0 Å². The molecule has 2 nitrogen and oxygen atoms in total. The predicted molar refractivity (Wildman–Crippen MR) is 55.0 cm³/mol. The summed E-state index contributed by atoms with van der Waals surface area (Å²) in [5.74, 6) is -0.154. The highest BCUT2D eigenvalue weighted by Crippen LogP contribution is 2.26. The molecule has 1 aromatic carbocycles. The maximum Gasteiger partial charge on any atom is 0.223 e. The highest BCUT2D eigenvalue weighted by Gasteiger charge is 2.07. The topological polar surface area (TPSA) is 20.3 Å². The maximum absolute atomic E-state index is 10.9. The fraction of sp³-hybridized carbons (Fsp3) is 0.111. The molecule has 0 bridgehead atoms. The fourth-order valence-electron chi connectivity index (χ4n) is 0.835. The Morgan fingerprint density at radius 2 is 2.00 bits per heavy atom. The Morgan fingerprint density at radius 1 is 1.38 bits per heavy atom. The van der Waals surface area contributed by atoms with Crippen LogP contribution >= 0.6 is 23.2 Å². The zero-order valence-electron chi connectivity index (χ0n) is 7.05. The van der Waals surface area contributed by atoms with Crippen molar-refractivity contribution >= 4 is 34.8 Å². The molecule has 0 fully saturated rings. The first-order valence-corrected chi connectivity index (χ1v) is 4.34. The van der Waals surface area contributed by atoms with E-state index >= 15 is 0 Å². The van der Waals surface area contributed by atoms with Crippen molar-refractivity contribution in [3.05, 3.63) is 35.3 Å². The third-order valence-electron chi connectivity index (χ3n) is 1.59. The normalized spacial score (nSPS) is 9.85. The van der Waals surface area contributed by atoms with Crippen LogP contribution in [-0.4, -0.2) is 5.91 Å². The number of benzene rings is 1. The van der Waals surface area contributed by atoms with Crippen molar-refractivity contribution in [3.8, 4) is 0 Å². The smallest absolute Gasteiger partial charge is 0.223 e. The first kappa shape index (κ1) is 10.4. The van der Waals surface area contributed by atoms with Crippen LogP contribution in [0.25, 0.3) is 0 Å². The zero-order valence-corrected chi connectivity index (χ0v) is 8.56. The summed E-state index contributed by atoms with van der Waals surface area (Å²) < 4.78 is 0. The molecule has 0 aliphatic heterocycles. The molecule has 69 valence electrons. The Balaban J connectivity index is 3.03. The van der Waals surface area contributed by atoms with Crippen LogP contribution in [0, 0.1) is 7.05 Å². The van der Waals surface area contributed by atoms with Gasteiger partial charge in [-0.05, 0) is 18.2 Å². The summed E-state index contributed by atoms with van der Waals surface area (Å²) in [5.41, 5.74) is 0.627.